The number of aliphatic hydroxyl groups is 1. The van der Waals surface area contributed by atoms with Crippen molar-refractivity contribution in [1.82, 2.24) is 9.55 Å². The molecule has 0 bridgehead atoms. The van der Waals surface area contributed by atoms with Crippen molar-refractivity contribution < 1.29 is 5.11 Å². The molecule has 0 amide bonds. The molecule has 3 nitrogen and oxygen atoms in total. The monoisotopic (exact) mass is 166 g/mol. The normalized spacial score (nSPS) is 11.2. The van der Waals surface area contributed by atoms with Crippen LogP contribution in [0, 0.1) is 0 Å². The van der Waals surface area contributed by atoms with E-state index in [0.717, 1.165) is 18.7 Å². The molecule has 0 aromatic carbocycles. The Kier molecular flexibility index (Phi) is 3.54. The van der Waals surface area contributed by atoms with Gasteiger partial charge in [0.15, 0.2) is 0 Å². The van der Waals surface area contributed by atoms with Crippen LogP contribution < -0.4 is 0 Å². The first-order valence-electron chi connectivity index (χ1n) is 4.16. The number of hydrogen-bond donors (Lipinski definition) is 1. The number of aryl methyl sites for hydroxylation is 1. The zero-order valence-electron chi connectivity index (χ0n) is 7.27. The number of imidazole rings is 1. The predicted octanol–water partition coefficient (Wildman–Crippen LogP) is 1.30. The highest BCUT2D eigenvalue weighted by molar-refractivity contribution is 5.43. The Morgan fingerprint density at radius 2 is 2.50 bits per heavy atom. The minimum atomic E-state index is 0.0807. The molecule has 0 aliphatic carbocycles. The maximum absolute atomic E-state index is 8.57. The second-order valence-electron chi connectivity index (χ2n) is 2.60. The molecule has 0 aliphatic heterocycles. The lowest BCUT2D eigenvalue weighted by atomic mass is 10.4. The molecular weight excluding hydrogens is 152 g/mol. The molecule has 0 fully saturated rings. The molecule has 0 spiro atoms. The van der Waals surface area contributed by atoms with Crippen molar-refractivity contribution in [2.75, 3.05) is 6.61 Å². The summed E-state index contributed by atoms with van der Waals surface area (Å²) in [5.74, 6) is 0. The van der Waals surface area contributed by atoms with E-state index in [-0.39, 0.29) is 6.61 Å². The lowest BCUT2D eigenvalue weighted by Crippen LogP contribution is -1.96. The maximum atomic E-state index is 8.57. The number of aromatic nitrogens is 2. The van der Waals surface area contributed by atoms with Gasteiger partial charge in [-0.05, 0) is 12.5 Å². The van der Waals surface area contributed by atoms with Crippen LogP contribution in [0.2, 0.25) is 0 Å². The summed E-state index contributed by atoms with van der Waals surface area (Å²) >= 11 is 0. The number of aliphatic hydroxyl groups excluding tert-OH is 1. The maximum Gasteiger partial charge on any atom is 0.0950 e. The molecule has 1 rings (SSSR count). The van der Waals surface area contributed by atoms with E-state index in [1.807, 2.05) is 6.08 Å². The average molecular weight is 166 g/mol. The average Bonchev–Trinajstić information content (AvgIpc) is 2.50. The van der Waals surface area contributed by atoms with E-state index in [2.05, 4.69) is 16.5 Å². The fourth-order valence-corrected chi connectivity index (χ4v) is 1.07. The molecule has 0 atom stereocenters. The van der Waals surface area contributed by atoms with Gasteiger partial charge in [-0.3, -0.25) is 0 Å². The van der Waals surface area contributed by atoms with Gasteiger partial charge in [-0.25, -0.2) is 4.98 Å². The van der Waals surface area contributed by atoms with Crippen LogP contribution in [-0.2, 0) is 6.54 Å². The van der Waals surface area contributed by atoms with Gasteiger partial charge in [0.05, 0.1) is 24.8 Å². The molecule has 0 saturated heterocycles. The van der Waals surface area contributed by atoms with E-state index in [1.165, 1.54) is 0 Å². The van der Waals surface area contributed by atoms with Crippen LogP contribution in [0.5, 0.6) is 0 Å². The largest absolute Gasteiger partial charge is 0.392 e. The van der Waals surface area contributed by atoms with Gasteiger partial charge in [0.2, 0.25) is 0 Å². The molecule has 12 heavy (non-hydrogen) atoms. The Morgan fingerprint density at radius 1 is 1.67 bits per heavy atom. The summed E-state index contributed by atoms with van der Waals surface area (Å²) in [5, 5.41) is 8.57. The van der Waals surface area contributed by atoms with Gasteiger partial charge < -0.3 is 9.67 Å². The third-order valence-electron chi connectivity index (χ3n) is 1.60. The lowest BCUT2D eigenvalue weighted by molar-refractivity contribution is 0.343. The molecule has 1 aromatic heterocycles. The second kappa shape index (κ2) is 4.72. The smallest absolute Gasteiger partial charge is 0.0950 e. The van der Waals surface area contributed by atoms with E-state index in [0.29, 0.717) is 0 Å². The van der Waals surface area contributed by atoms with Crippen LogP contribution in [0.15, 0.2) is 18.6 Å². The van der Waals surface area contributed by atoms with Crippen molar-refractivity contribution in [1.29, 1.82) is 0 Å². The van der Waals surface area contributed by atoms with Gasteiger partial charge in [-0.2, -0.15) is 0 Å². The molecule has 1 heterocycles. The van der Waals surface area contributed by atoms with E-state index in [1.54, 1.807) is 18.6 Å². The van der Waals surface area contributed by atoms with Gasteiger partial charge in [0.25, 0.3) is 0 Å². The van der Waals surface area contributed by atoms with Crippen LogP contribution in [0.25, 0.3) is 6.08 Å². The molecule has 0 aliphatic rings. The lowest BCUT2D eigenvalue weighted by Gasteiger charge is -2.00. The summed E-state index contributed by atoms with van der Waals surface area (Å²) < 4.78 is 2.06. The fraction of sp³-hybridized carbons (Fsp3) is 0.444. The van der Waals surface area contributed by atoms with E-state index in [4.69, 9.17) is 5.11 Å². The fourth-order valence-electron chi connectivity index (χ4n) is 1.07. The standard InChI is InChI=1S/C9H14N2O/c1-2-5-11-8-10-7-9(11)4-3-6-12/h3-4,7-8,12H,2,5-6H2,1H3. The summed E-state index contributed by atoms with van der Waals surface area (Å²) in [7, 11) is 0. The van der Waals surface area contributed by atoms with Crippen LogP contribution >= 0.6 is 0 Å². The Labute approximate surface area is 72.4 Å². The Hall–Kier alpha value is -1.09. The minimum Gasteiger partial charge on any atom is -0.392 e. The zero-order valence-corrected chi connectivity index (χ0v) is 7.27. The Bertz CT molecular complexity index is 253. The third kappa shape index (κ3) is 2.20. The summed E-state index contributed by atoms with van der Waals surface area (Å²) in [4.78, 5) is 4.02. The first-order chi connectivity index (χ1) is 5.88. The summed E-state index contributed by atoms with van der Waals surface area (Å²) in [6.07, 6.45) is 8.28. The van der Waals surface area contributed by atoms with Crippen molar-refractivity contribution in [2.24, 2.45) is 0 Å². The van der Waals surface area contributed by atoms with Crippen molar-refractivity contribution in [3.05, 3.63) is 24.3 Å². The SMILES string of the molecule is CCCn1cncc1C=CCO. The van der Waals surface area contributed by atoms with Crippen molar-refractivity contribution in [2.45, 2.75) is 19.9 Å². The molecule has 1 N–H and O–H groups in total. The van der Waals surface area contributed by atoms with Gasteiger partial charge in [-0.1, -0.05) is 13.0 Å². The van der Waals surface area contributed by atoms with Crippen LogP contribution in [-0.4, -0.2) is 21.3 Å². The summed E-state index contributed by atoms with van der Waals surface area (Å²) in [6.45, 7) is 3.18. The van der Waals surface area contributed by atoms with Gasteiger partial charge in [0.1, 0.15) is 0 Å². The molecule has 3 heteroatoms. The molecular formula is C9H14N2O. The van der Waals surface area contributed by atoms with Crippen LogP contribution in [0.1, 0.15) is 19.0 Å². The van der Waals surface area contributed by atoms with Crippen molar-refractivity contribution in [3.63, 3.8) is 0 Å². The summed E-state index contributed by atoms with van der Waals surface area (Å²) in [5.41, 5.74) is 1.05. The molecule has 1 aromatic rings. The van der Waals surface area contributed by atoms with Crippen molar-refractivity contribution in [3.8, 4) is 0 Å². The highest BCUT2D eigenvalue weighted by Crippen LogP contribution is 2.02. The van der Waals surface area contributed by atoms with Gasteiger partial charge in [-0.15, -0.1) is 0 Å². The quantitative estimate of drug-likeness (QED) is 0.732. The Morgan fingerprint density at radius 3 is 3.17 bits per heavy atom. The topological polar surface area (TPSA) is 38.0 Å². The predicted molar refractivity (Wildman–Crippen MR) is 48.6 cm³/mol. The zero-order chi connectivity index (χ0) is 8.81. The van der Waals surface area contributed by atoms with E-state index < -0.39 is 0 Å². The van der Waals surface area contributed by atoms with E-state index >= 15 is 0 Å². The third-order valence-corrected chi connectivity index (χ3v) is 1.60. The van der Waals surface area contributed by atoms with E-state index in [9.17, 15) is 0 Å². The molecule has 66 valence electrons. The minimum absolute atomic E-state index is 0.0807. The number of hydrogen-bond acceptors (Lipinski definition) is 2. The Balaban J connectivity index is 2.69. The first-order valence-corrected chi connectivity index (χ1v) is 4.16. The first kappa shape index (κ1) is 9.00. The molecule has 0 radical (unpaired) electrons. The summed E-state index contributed by atoms with van der Waals surface area (Å²) in [6, 6.07) is 0. The van der Waals surface area contributed by atoms with Crippen LogP contribution in [0.4, 0.5) is 0 Å². The number of nitrogens with zero attached hydrogens (tertiary/aromatic N) is 2. The van der Waals surface area contributed by atoms with Crippen molar-refractivity contribution >= 4 is 6.08 Å². The highest BCUT2D eigenvalue weighted by atomic mass is 16.2. The van der Waals surface area contributed by atoms with Crippen LogP contribution in [0.3, 0.4) is 0 Å². The number of rotatable bonds is 4. The molecule has 0 unspecified atom stereocenters. The highest BCUT2D eigenvalue weighted by Gasteiger charge is 1.94. The van der Waals surface area contributed by atoms with Gasteiger partial charge in [0, 0.05) is 6.54 Å². The van der Waals surface area contributed by atoms with Gasteiger partial charge >= 0.3 is 0 Å². The second-order valence-corrected chi connectivity index (χ2v) is 2.60. The molecule has 0 saturated carbocycles.